The summed E-state index contributed by atoms with van der Waals surface area (Å²) in [4.78, 5) is 25.6. The number of ether oxygens (including phenoxy) is 2. The van der Waals surface area contributed by atoms with Crippen molar-refractivity contribution in [2.24, 2.45) is 5.92 Å². The number of carbonyl (C=O) groups excluding carboxylic acids is 2. The summed E-state index contributed by atoms with van der Waals surface area (Å²) in [7, 11) is 0. The van der Waals surface area contributed by atoms with Crippen LogP contribution in [0.4, 0.5) is 0 Å². The molecule has 0 aliphatic carbocycles. The van der Waals surface area contributed by atoms with Gasteiger partial charge in [0.25, 0.3) is 0 Å². The largest absolute Gasteiger partial charge is 0.465 e. The molecule has 0 atom stereocenters. The number of unbranched alkanes of at least 4 members (excludes halogenated alkanes) is 28. The van der Waals surface area contributed by atoms with Crippen LogP contribution in [-0.2, 0) is 19.1 Å². The molecule has 0 spiro atoms. The Balaban J connectivity index is 3.91. The predicted octanol–water partition coefficient (Wildman–Crippen LogP) is 15.9. The zero-order chi connectivity index (χ0) is 40.1. The number of hydrogen-bond acceptors (Lipinski definition) is 5. The van der Waals surface area contributed by atoms with Gasteiger partial charge < -0.3 is 14.8 Å². The Labute approximate surface area is 345 Å². The van der Waals surface area contributed by atoms with Crippen LogP contribution in [0.2, 0.25) is 0 Å². The summed E-state index contributed by atoms with van der Waals surface area (Å²) in [6, 6.07) is 0. The molecule has 0 bridgehead atoms. The van der Waals surface area contributed by atoms with Gasteiger partial charge in [0.15, 0.2) is 0 Å². The van der Waals surface area contributed by atoms with E-state index in [2.05, 4.69) is 33.0 Å². The van der Waals surface area contributed by atoms with Gasteiger partial charge in [-0.05, 0) is 77.3 Å². The average Bonchev–Trinajstić information content (AvgIpc) is 3.18. The first-order valence-corrected chi connectivity index (χ1v) is 25.2. The van der Waals surface area contributed by atoms with Crippen LogP contribution in [-0.4, -0.2) is 37.7 Å². The number of hydrogen-bond donors (Lipinski definition) is 1. The Kier molecular flexibility index (Phi) is 44.7. The van der Waals surface area contributed by atoms with E-state index in [0.29, 0.717) is 13.0 Å². The van der Waals surface area contributed by atoms with Gasteiger partial charge in [-0.25, -0.2) is 0 Å². The maximum absolute atomic E-state index is 12.9. The maximum atomic E-state index is 12.9. The molecule has 5 heteroatoms. The molecule has 0 unspecified atom stereocenters. The minimum atomic E-state index is 0.0379. The van der Waals surface area contributed by atoms with Gasteiger partial charge in [0.05, 0.1) is 12.5 Å². The third-order valence-corrected chi connectivity index (χ3v) is 11.7. The van der Waals surface area contributed by atoms with Crippen molar-refractivity contribution in [2.45, 2.75) is 284 Å². The van der Waals surface area contributed by atoms with Gasteiger partial charge >= 0.3 is 11.9 Å². The third kappa shape index (κ3) is 40.9. The molecule has 328 valence electrons. The highest BCUT2D eigenvalue weighted by Gasteiger charge is 2.19. The number of rotatable bonds is 46. The topological polar surface area (TPSA) is 64.6 Å². The van der Waals surface area contributed by atoms with E-state index in [1.54, 1.807) is 0 Å². The summed E-state index contributed by atoms with van der Waals surface area (Å²) in [5, 5.41) is 3.63. The first kappa shape index (κ1) is 53.9. The van der Waals surface area contributed by atoms with E-state index in [1.807, 2.05) is 0 Å². The first-order chi connectivity index (χ1) is 27.1. The van der Waals surface area contributed by atoms with Gasteiger partial charge in [0, 0.05) is 6.42 Å². The van der Waals surface area contributed by atoms with Crippen LogP contribution in [0.25, 0.3) is 0 Å². The van der Waals surface area contributed by atoms with Gasteiger partial charge in [0.2, 0.25) is 0 Å². The molecule has 5 nitrogen and oxygen atoms in total. The summed E-state index contributed by atoms with van der Waals surface area (Å²) >= 11 is 0. The first-order valence-electron chi connectivity index (χ1n) is 25.2. The van der Waals surface area contributed by atoms with Crippen LogP contribution in [0.1, 0.15) is 278 Å². The molecule has 0 amide bonds. The summed E-state index contributed by atoms with van der Waals surface area (Å²) in [5.74, 6) is 0.232. The lowest BCUT2D eigenvalue weighted by Crippen LogP contribution is -2.19. The normalized spacial score (nSPS) is 11.6. The molecule has 0 aromatic carbocycles. The molecule has 0 aromatic rings. The van der Waals surface area contributed by atoms with Gasteiger partial charge in [-0.1, -0.05) is 207 Å². The lowest BCUT2D eigenvalue weighted by atomic mass is 9.94. The van der Waals surface area contributed by atoms with Crippen LogP contribution >= 0.6 is 0 Å². The molecule has 1 N–H and O–H groups in total. The quantitative estimate of drug-likeness (QED) is 0.0492. The van der Waals surface area contributed by atoms with Crippen molar-refractivity contribution in [3.05, 3.63) is 0 Å². The standard InChI is InChI=1S/C50H99NO4/c1-5-9-13-17-23-31-39-47(40-32-24-18-14-10-6-2)50(53)54-46-38-30-22-29-37-45-51-44-36-28-21-27-35-43-49(52)55-48(41-33-25-19-15-11-7-3)42-34-26-20-16-12-8-4/h47-48,51H,5-46H2,1-4H3. The highest BCUT2D eigenvalue weighted by molar-refractivity contribution is 5.72. The van der Waals surface area contributed by atoms with Crippen LogP contribution < -0.4 is 5.32 Å². The van der Waals surface area contributed by atoms with E-state index in [-0.39, 0.29) is 24.0 Å². The van der Waals surface area contributed by atoms with E-state index in [9.17, 15) is 9.59 Å². The SMILES string of the molecule is CCCCCCCCC(CCCCCCCC)OC(=O)CCCCCCCNCCCCCCCOC(=O)C(CCCCCCCC)CCCCCCCC. The summed E-state index contributed by atoms with van der Waals surface area (Å²) in [6.45, 7) is 11.9. The van der Waals surface area contributed by atoms with E-state index in [4.69, 9.17) is 9.47 Å². The van der Waals surface area contributed by atoms with Crippen molar-refractivity contribution < 1.29 is 19.1 Å². The second-order valence-electron chi connectivity index (χ2n) is 17.2. The highest BCUT2D eigenvalue weighted by atomic mass is 16.5. The van der Waals surface area contributed by atoms with Crippen molar-refractivity contribution in [3.63, 3.8) is 0 Å². The lowest BCUT2D eigenvalue weighted by molar-refractivity contribution is -0.150. The molecular weight excluding hydrogens is 679 g/mol. The van der Waals surface area contributed by atoms with E-state index >= 15 is 0 Å². The fourth-order valence-corrected chi connectivity index (χ4v) is 7.88. The van der Waals surface area contributed by atoms with Crippen molar-refractivity contribution in [1.82, 2.24) is 5.32 Å². The van der Waals surface area contributed by atoms with Crippen LogP contribution in [0.15, 0.2) is 0 Å². The van der Waals surface area contributed by atoms with Crippen LogP contribution in [0.5, 0.6) is 0 Å². The Hall–Kier alpha value is -1.10. The van der Waals surface area contributed by atoms with Crippen molar-refractivity contribution >= 4 is 11.9 Å². The number of esters is 2. The molecule has 0 aliphatic rings. The smallest absolute Gasteiger partial charge is 0.308 e. The molecule has 0 rings (SSSR count). The second kappa shape index (κ2) is 45.6. The monoisotopic (exact) mass is 778 g/mol. The van der Waals surface area contributed by atoms with Crippen LogP contribution in [0.3, 0.4) is 0 Å². The molecule has 0 aromatic heterocycles. The predicted molar refractivity (Wildman–Crippen MR) is 240 cm³/mol. The number of carbonyl (C=O) groups is 2. The Morgan fingerprint density at radius 3 is 1.18 bits per heavy atom. The summed E-state index contributed by atoms with van der Waals surface area (Å²) < 4.78 is 11.8. The molecule has 0 saturated heterocycles. The minimum Gasteiger partial charge on any atom is -0.465 e. The zero-order valence-corrected chi connectivity index (χ0v) is 38.0. The van der Waals surface area contributed by atoms with E-state index < -0.39 is 0 Å². The number of nitrogens with one attached hydrogen (secondary N) is 1. The van der Waals surface area contributed by atoms with Crippen molar-refractivity contribution in [3.8, 4) is 0 Å². The zero-order valence-electron chi connectivity index (χ0n) is 38.0. The highest BCUT2D eigenvalue weighted by Crippen LogP contribution is 2.22. The minimum absolute atomic E-state index is 0.0379. The van der Waals surface area contributed by atoms with Gasteiger partial charge in [-0.2, -0.15) is 0 Å². The lowest BCUT2D eigenvalue weighted by Gasteiger charge is -2.18. The molecule has 0 aliphatic heterocycles. The molecule has 0 saturated carbocycles. The van der Waals surface area contributed by atoms with Crippen molar-refractivity contribution in [1.29, 1.82) is 0 Å². The van der Waals surface area contributed by atoms with Crippen LogP contribution in [0, 0.1) is 5.92 Å². The molecule has 0 heterocycles. The fourth-order valence-electron chi connectivity index (χ4n) is 7.88. The van der Waals surface area contributed by atoms with E-state index in [1.165, 1.54) is 193 Å². The van der Waals surface area contributed by atoms with E-state index in [0.717, 1.165) is 64.5 Å². The van der Waals surface area contributed by atoms with Gasteiger partial charge in [-0.3, -0.25) is 9.59 Å². The van der Waals surface area contributed by atoms with Crippen molar-refractivity contribution in [2.75, 3.05) is 19.7 Å². The summed E-state index contributed by atoms with van der Waals surface area (Å²) in [6.07, 6.45) is 47.4. The Morgan fingerprint density at radius 1 is 0.400 bits per heavy atom. The fraction of sp³-hybridized carbons (Fsp3) is 0.960. The average molecular weight is 778 g/mol. The molecule has 0 radical (unpaired) electrons. The summed E-state index contributed by atoms with van der Waals surface area (Å²) in [5.41, 5.74) is 0. The Morgan fingerprint density at radius 2 is 0.745 bits per heavy atom. The molecular formula is C50H99NO4. The van der Waals surface area contributed by atoms with Gasteiger partial charge in [-0.15, -0.1) is 0 Å². The Bertz CT molecular complexity index is 741. The maximum Gasteiger partial charge on any atom is 0.308 e. The van der Waals surface area contributed by atoms with Gasteiger partial charge in [0.1, 0.15) is 6.10 Å². The molecule has 55 heavy (non-hydrogen) atoms. The molecule has 0 fully saturated rings. The third-order valence-electron chi connectivity index (χ3n) is 11.7. The second-order valence-corrected chi connectivity index (χ2v) is 17.2.